The van der Waals surface area contributed by atoms with Crippen molar-refractivity contribution in [3.8, 4) is 0 Å². The summed E-state index contributed by atoms with van der Waals surface area (Å²) < 4.78 is 43.8. The molecule has 26 heavy (non-hydrogen) atoms. The van der Waals surface area contributed by atoms with Crippen LogP contribution in [0, 0.1) is 5.92 Å². The molecule has 0 aromatic heterocycles. The molecular weight excluding hydrogens is 458 g/mol. The van der Waals surface area contributed by atoms with Gasteiger partial charge in [0.25, 0.3) is 0 Å². The molecule has 0 atom stereocenters. The van der Waals surface area contributed by atoms with E-state index in [4.69, 9.17) is 4.74 Å². The van der Waals surface area contributed by atoms with Crippen molar-refractivity contribution in [3.05, 3.63) is 35.4 Å². The van der Waals surface area contributed by atoms with Crippen LogP contribution in [0.25, 0.3) is 0 Å². The molecule has 0 bridgehead atoms. The molecule has 0 spiro atoms. The zero-order valence-electron chi connectivity index (χ0n) is 14.9. The monoisotopic (exact) mass is 485 g/mol. The molecular formula is C18H27F3IN3O. The van der Waals surface area contributed by atoms with E-state index in [0.29, 0.717) is 31.2 Å². The first-order valence-electron chi connectivity index (χ1n) is 8.75. The Morgan fingerprint density at radius 3 is 2.69 bits per heavy atom. The average molecular weight is 485 g/mol. The fourth-order valence-electron chi connectivity index (χ4n) is 2.27. The molecule has 4 nitrogen and oxygen atoms in total. The third kappa shape index (κ3) is 9.07. The Hall–Kier alpha value is -1.03. The molecule has 1 saturated carbocycles. The highest BCUT2D eigenvalue weighted by Gasteiger charge is 2.30. The summed E-state index contributed by atoms with van der Waals surface area (Å²) in [7, 11) is 0. The summed E-state index contributed by atoms with van der Waals surface area (Å²) in [6.45, 7) is 5.09. The predicted molar refractivity (Wildman–Crippen MR) is 108 cm³/mol. The lowest BCUT2D eigenvalue weighted by molar-refractivity contribution is -0.137. The highest BCUT2D eigenvalue weighted by Crippen LogP contribution is 2.29. The number of rotatable bonds is 9. The molecule has 148 valence electrons. The van der Waals surface area contributed by atoms with Gasteiger partial charge in [-0.25, -0.2) is 4.99 Å². The second-order valence-electron chi connectivity index (χ2n) is 6.19. The van der Waals surface area contributed by atoms with Gasteiger partial charge in [0.15, 0.2) is 5.96 Å². The van der Waals surface area contributed by atoms with Gasteiger partial charge in [-0.05, 0) is 49.8 Å². The van der Waals surface area contributed by atoms with Crippen molar-refractivity contribution in [1.82, 2.24) is 10.6 Å². The van der Waals surface area contributed by atoms with Crippen molar-refractivity contribution < 1.29 is 17.9 Å². The summed E-state index contributed by atoms with van der Waals surface area (Å²) in [6, 6.07) is 5.26. The summed E-state index contributed by atoms with van der Waals surface area (Å²) in [5.41, 5.74) is -0.120. The van der Waals surface area contributed by atoms with Gasteiger partial charge in [-0.3, -0.25) is 0 Å². The molecule has 1 aliphatic rings. The summed E-state index contributed by atoms with van der Waals surface area (Å²) >= 11 is 0. The second kappa shape index (κ2) is 11.6. The van der Waals surface area contributed by atoms with E-state index in [1.807, 2.05) is 6.92 Å². The Morgan fingerprint density at radius 1 is 1.27 bits per heavy atom. The van der Waals surface area contributed by atoms with Gasteiger partial charge in [0, 0.05) is 26.3 Å². The number of hydrogen-bond acceptors (Lipinski definition) is 2. The van der Waals surface area contributed by atoms with E-state index in [0.717, 1.165) is 31.1 Å². The Bertz CT molecular complexity index is 563. The van der Waals surface area contributed by atoms with Gasteiger partial charge in [0.2, 0.25) is 0 Å². The van der Waals surface area contributed by atoms with E-state index < -0.39 is 11.7 Å². The Kier molecular flexibility index (Phi) is 10.3. The van der Waals surface area contributed by atoms with Crippen molar-refractivity contribution in [2.75, 3.05) is 26.3 Å². The summed E-state index contributed by atoms with van der Waals surface area (Å²) in [4.78, 5) is 4.35. The van der Waals surface area contributed by atoms with E-state index in [-0.39, 0.29) is 30.5 Å². The van der Waals surface area contributed by atoms with Gasteiger partial charge in [-0.2, -0.15) is 13.2 Å². The van der Waals surface area contributed by atoms with Gasteiger partial charge in [0.05, 0.1) is 12.1 Å². The first kappa shape index (κ1) is 23.0. The molecule has 2 N–H and O–H groups in total. The topological polar surface area (TPSA) is 45.7 Å². The maximum absolute atomic E-state index is 12.7. The molecule has 1 aromatic carbocycles. The maximum Gasteiger partial charge on any atom is 0.416 e. The van der Waals surface area contributed by atoms with Crippen LogP contribution in [0.2, 0.25) is 0 Å². The molecule has 1 aliphatic carbocycles. The molecule has 0 heterocycles. The van der Waals surface area contributed by atoms with E-state index in [2.05, 4.69) is 15.6 Å². The number of nitrogens with one attached hydrogen (secondary N) is 2. The lowest BCUT2D eigenvalue weighted by atomic mass is 10.1. The van der Waals surface area contributed by atoms with Gasteiger partial charge in [-0.1, -0.05) is 12.1 Å². The van der Waals surface area contributed by atoms with Crippen LogP contribution in [0.4, 0.5) is 13.2 Å². The highest BCUT2D eigenvalue weighted by atomic mass is 127. The standard InChI is InChI=1S/C18H26F3N3O.HI/c1-2-22-17(23-9-4-10-25-13-14-7-8-14)24-12-15-5-3-6-16(11-15)18(19,20)21;/h3,5-6,11,14H,2,4,7-10,12-13H2,1H3,(H2,22,23,24);1H. The minimum atomic E-state index is -4.33. The first-order valence-corrected chi connectivity index (χ1v) is 8.75. The number of aliphatic imine (C=N–C) groups is 1. The summed E-state index contributed by atoms with van der Waals surface area (Å²) in [5.74, 6) is 1.36. The Balaban J connectivity index is 0.00000338. The average Bonchev–Trinajstić information content (AvgIpc) is 3.39. The zero-order valence-corrected chi connectivity index (χ0v) is 17.3. The number of halogens is 4. The molecule has 0 radical (unpaired) electrons. The minimum absolute atomic E-state index is 0. The van der Waals surface area contributed by atoms with Crippen molar-refractivity contribution in [1.29, 1.82) is 0 Å². The van der Waals surface area contributed by atoms with Gasteiger partial charge in [-0.15, -0.1) is 24.0 Å². The number of hydrogen-bond donors (Lipinski definition) is 2. The van der Waals surface area contributed by atoms with Crippen molar-refractivity contribution in [2.24, 2.45) is 10.9 Å². The minimum Gasteiger partial charge on any atom is -0.381 e. The highest BCUT2D eigenvalue weighted by molar-refractivity contribution is 14.0. The summed E-state index contributed by atoms with van der Waals surface area (Å²) in [5, 5.41) is 6.27. The number of nitrogens with zero attached hydrogens (tertiary/aromatic N) is 1. The molecule has 0 saturated heterocycles. The van der Waals surface area contributed by atoms with Crippen molar-refractivity contribution in [2.45, 2.75) is 38.9 Å². The van der Waals surface area contributed by atoms with E-state index in [9.17, 15) is 13.2 Å². The number of guanidine groups is 1. The van der Waals surface area contributed by atoms with Crippen LogP contribution in [0.1, 0.15) is 37.3 Å². The number of benzene rings is 1. The van der Waals surface area contributed by atoms with Gasteiger partial charge >= 0.3 is 6.18 Å². The lowest BCUT2D eigenvalue weighted by Crippen LogP contribution is -2.38. The van der Waals surface area contributed by atoms with Crippen LogP contribution in [0.3, 0.4) is 0 Å². The normalized spacial score (nSPS) is 14.7. The smallest absolute Gasteiger partial charge is 0.381 e. The van der Waals surface area contributed by atoms with Crippen LogP contribution in [-0.2, 0) is 17.5 Å². The molecule has 0 amide bonds. The lowest BCUT2D eigenvalue weighted by Gasteiger charge is -2.12. The molecule has 0 unspecified atom stereocenters. The maximum atomic E-state index is 12.7. The molecule has 2 rings (SSSR count). The van der Waals surface area contributed by atoms with Crippen LogP contribution >= 0.6 is 24.0 Å². The SMILES string of the molecule is CCNC(=NCc1cccc(C(F)(F)F)c1)NCCCOCC1CC1.I. The second-order valence-corrected chi connectivity index (χ2v) is 6.19. The van der Waals surface area contributed by atoms with Crippen LogP contribution < -0.4 is 10.6 Å². The fourth-order valence-corrected chi connectivity index (χ4v) is 2.27. The number of alkyl halides is 3. The zero-order chi connectivity index (χ0) is 18.1. The third-order valence-corrected chi connectivity index (χ3v) is 3.83. The third-order valence-electron chi connectivity index (χ3n) is 3.83. The van der Waals surface area contributed by atoms with E-state index >= 15 is 0 Å². The largest absolute Gasteiger partial charge is 0.416 e. The quantitative estimate of drug-likeness (QED) is 0.239. The van der Waals surface area contributed by atoms with Crippen LogP contribution in [0.15, 0.2) is 29.3 Å². The van der Waals surface area contributed by atoms with Gasteiger partial charge in [0.1, 0.15) is 0 Å². The molecule has 1 aromatic rings. The van der Waals surface area contributed by atoms with Gasteiger partial charge < -0.3 is 15.4 Å². The summed E-state index contributed by atoms with van der Waals surface area (Å²) in [6.07, 6.45) is -0.903. The first-order chi connectivity index (χ1) is 12.0. The van der Waals surface area contributed by atoms with Crippen LogP contribution in [-0.4, -0.2) is 32.3 Å². The Labute approximate surface area is 170 Å². The van der Waals surface area contributed by atoms with Crippen LogP contribution in [0.5, 0.6) is 0 Å². The van der Waals surface area contributed by atoms with E-state index in [1.165, 1.54) is 18.9 Å². The number of ether oxygens (including phenoxy) is 1. The fraction of sp³-hybridized carbons (Fsp3) is 0.611. The molecule has 0 aliphatic heterocycles. The van der Waals surface area contributed by atoms with Crippen molar-refractivity contribution in [3.63, 3.8) is 0 Å². The Morgan fingerprint density at radius 2 is 2.04 bits per heavy atom. The predicted octanol–water partition coefficient (Wildman–Crippen LogP) is 4.20. The molecule has 8 heteroatoms. The molecule has 1 fully saturated rings. The van der Waals surface area contributed by atoms with Crippen molar-refractivity contribution >= 4 is 29.9 Å². The van der Waals surface area contributed by atoms with E-state index in [1.54, 1.807) is 6.07 Å².